The molecule has 1 atom stereocenters. The number of nitrogens with zero attached hydrogens (tertiary/aromatic N) is 4. The maximum absolute atomic E-state index is 14.2. The number of pyridine rings is 1. The second-order valence-electron chi connectivity index (χ2n) is 10.4. The number of benzene rings is 2. The largest absolute Gasteiger partial charge is 0.519 e. The van der Waals surface area contributed by atoms with Crippen molar-refractivity contribution in [2.75, 3.05) is 18.0 Å². The Morgan fingerprint density at radius 1 is 1.21 bits per heavy atom. The number of nitrogens with two attached hydrogens (primary N) is 1. The fraction of sp³-hybridized carbons (Fsp3) is 0.310. The van der Waals surface area contributed by atoms with Crippen LogP contribution in [0.4, 0.5) is 10.3 Å². The van der Waals surface area contributed by atoms with Crippen molar-refractivity contribution in [1.82, 2.24) is 14.1 Å². The minimum atomic E-state index is -0.881. The van der Waals surface area contributed by atoms with Crippen LogP contribution in [0.2, 0.25) is 5.02 Å². The third-order valence-electron chi connectivity index (χ3n) is 7.55. The van der Waals surface area contributed by atoms with Gasteiger partial charge in [-0.2, -0.15) is 0 Å². The number of piperidine rings is 1. The summed E-state index contributed by atoms with van der Waals surface area (Å²) in [6, 6.07) is 8.81. The molecule has 1 aliphatic rings. The number of ether oxygens (including phenoxy) is 1. The van der Waals surface area contributed by atoms with Crippen molar-refractivity contribution >= 4 is 57.9 Å². The normalized spacial score (nSPS) is 15.2. The molecule has 1 fully saturated rings. The van der Waals surface area contributed by atoms with Crippen LogP contribution in [0.1, 0.15) is 40.3 Å². The number of fused-ring (bicyclic) bond motifs is 3. The lowest BCUT2D eigenvalue weighted by molar-refractivity contribution is 0.0443. The fourth-order valence-corrected chi connectivity index (χ4v) is 5.57. The average Bonchev–Trinajstić information content (AvgIpc) is 3.50. The Hall–Kier alpha value is -4.13. The molecule has 5 aromatic rings. The molecule has 0 saturated carbocycles. The Labute approximate surface area is 255 Å². The zero-order chi connectivity index (χ0) is 29.7. The van der Waals surface area contributed by atoms with E-state index in [0.717, 1.165) is 12.8 Å². The number of carbonyl (C=O) groups excluding carboxylic acids is 1. The zero-order valence-electron chi connectivity index (χ0n) is 23.3. The summed E-state index contributed by atoms with van der Waals surface area (Å²) in [7, 11) is 1.63. The van der Waals surface area contributed by atoms with E-state index in [-0.39, 0.29) is 59.8 Å². The van der Waals surface area contributed by atoms with E-state index in [1.165, 1.54) is 29.7 Å². The van der Waals surface area contributed by atoms with Gasteiger partial charge in [-0.25, -0.2) is 19.0 Å². The number of imidazole rings is 1. The van der Waals surface area contributed by atoms with Crippen LogP contribution in [0.5, 0.6) is 0 Å². The Bertz CT molecular complexity index is 1980. The van der Waals surface area contributed by atoms with E-state index >= 15 is 0 Å². The zero-order valence-corrected chi connectivity index (χ0v) is 24.8. The molecule has 0 spiro atoms. The van der Waals surface area contributed by atoms with Gasteiger partial charge in [-0.15, -0.1) is 12.4 Å². The molecule has 0 amide bonds. The lowest BCUT2D eigenvalue weighted by atomic mass is 10.1. The van der Waals surface area contributed by atoms with Crippen molar-refractivity contribution in [3.05, 3.63) is 90.9 Å². The summed E-state index contributed by atoms with van der Waals surface area (Å²) >= 11 is 6.43. The SMILES string of the molecule is Cc1oc(=O)oc1COC(=O)c1ccc2c(c1)c1nc(N3CCC[C@@H](N)C3)n(Cc3cc(F)ccc3Cl)c1c(=O)n2C.Cl. The second kappa shape index (κ2) is 11.9. The van der Waals surface area contributed by atoms with Crippen molar-refractivity contribution in [2.45, 2.75) is 39.0 Å². The topological polar surface area (TPSA) is 139 Å². The highest BCUT2D eigenvalue weighted by molar-refractivity contribution is 6.31. The van der Waals surface area contributed by atoms with Gasteiger partial charge in [0, 0.05) is 36.6 Å². The third-order valence-corrected chi connectivity index (χ3v) is 7.92. The molecular formula is C29H28Cl2FN5O6. The van der Waals surface area contributed by atoms with Gasteiger partial charge in [0.05, 0.1) is 17.6 Å². The predicted octanol–water partition coefficient (Wildman–Crippen LogP) is 4.29. The first-order valence-electron chi connectivity index (χ1n) is 13.3. The lowest BCUT2D eigenvalue weighted by Gasteiger charge is -2.32. The van der Waals surface area contributed by atoms with Gasteiger partial charge in [-0.3, -0.25) is 4.79 Å². The first-order chi connectivity index (χ1) is 20.1. The second-order valence-corrected chi connectivity index (χ2v) is 10.8. The Morgan fingerprint density at radius 3 is 2.72 bits per heavy atom. The molecule has 0 unspecified atom stereocenters. The highest BCUT2D eigenvalue weighted by Gasteiger charge is 2.27. The van der Waals surface area contributed by atoms with Crippen LogP contribution in [-0.2, 0) is 24.9 Å². The summed E-state index contributed by atoms with van der Waals surface area (Å²) in [6.45, 7) is 2.53. The minimum Gasteiger partial charge on any atom is -0.454 e. The van der Waals surface area contributed by atoms with E-state index in [4.69, 9.17) is 35.9 Å². The summed E-state index contributed by atoms with van der Waals surface area (Å²) < 4.78 is 32.5. The summed E-state index contributed by atoms with van der Waals surface area (Å²) in [5.74, 6) is -1.17. The molecular weight excluding hydrogens is 604 g/mol. The van der Waals surface area contributed by atoms with Crippen molar-refractivity contribution in [1.29, 1.82) is 0 Å². The van der Waals surface area contributed by atoms with Gasteiger partial charge in [0.2, 0.25) is 5.95 Å². The molecule has 0 radical (unpaired) electrons. The van der Waals surface area contributed by atoms with Gasteiger partial charge in [-0.1, -0.05) is 11.6 Å². The van der Waals surface area contributed by atoms with Crippen LogP contribution in [0, 0.1) is 12.7 Å². The smallest absolute Gasteiger partial charge is 0.454 e. The van der Waals surface area contributed by atoms with Gasteiger partial charge >= 0.3 is 11.8 Å². The minimum absolute atomic E-state index is 0. The Kier molecular flexibility index (Phi) is 8.37. The Morgan fingerprint density at radius 2 is 2.00 bits per heavy atom. The number of rotatable bonds is 6. The number of esters is 1. The summed E-state index contributed by atoms with van der Waals surface area (Å²) in [6.07, 6.45) is 1.71. The first-order valence-corrected chi connectivity index (χ1v) is 13.7. The molecule has 1 aliphatic heterocycles. The first kappa shape index (κ1) is 30.3. The number of aryl methyl sites for hydroxylation is 2. The molecule has 14 heteroatoms. The number of carbonyl (C=O) groups is 1. The van der Waals surface area contributed by atoms with E-state index in [1.807, 2.05) is 4.90 Å². The third kappa shape index (κ3) is 5.65. The van der Waals surface area contributed by atoms with Crippen LogP contribution < -0.4 is 22.0 Å². The molecule has 6 rings (SSSR count). The van der Waals surface area contributed by atoms with E-state index in [1.54, 1.807) is 29.8 Å². The fourth-order valence-electron chi connectivity index (χ4n) is 5.40. The standard InChI is InChI=1S/C29H27ClFN5O6.ClH/c1-15-23(42-29(39)41-15)14-40-27(38)16-5-8-22-20(11-16)24-25(26(37)34(22)2)36(12-17-10-18(31)6-7-21(17)30)28(33-24)35-9-3-4-19(32)13-35;/h5-8,10-11,19H,3-4,9,12-14,32H2,1-2H3;1H/t19-;/m1./s1. The van der Waals surface area contributed by atoms with Crippen LogP contribution in [0.25, 0.3) is 21.9 Å². The van der Waals surface area contributed by atoms with Gasteiger partial charge in [-0.05, 0) is 61.7 Å². The monoisotopic (exact) mass is 631 g/mol. The number of hydrogen-bond acceptors (Lipinski definition) is 9. The molecule has 226 valence electrons. The Balaban J connectivity index is 0.00000368. The molecule has 2 N–H and O–H groups in total. The van der Waals surface area contributed by atoms with Gasteiger partial charge < -0.3 is 33.3 Å². The number of anilines is 1. The maximum atomic E-state index is 14.2. The maximum Gasteiger partial charge on any atom is 0.519 e. The number of halogens is 3. The summed E-state index contributed by atoms with van der Waals surface area (Å²) in [5, 5.41) is 0.894. The molecule has 43 heavy (non-hydrogen) atoms. The van der Waals surface area contributed by atoms with E-state index < -0.39 is 17.6 Å². The van der Waals surface area contributed by atoms with Crippen LogP contribution in [0.3, 0.4) is 0 Å². The van der Waals surface area contributed by atoms with Crippen LogP contribution in [0.15, 0.2) is 54.8 Å². The molecule has 3 aromatic heterocycles. The number of hydrogen-bond donors (Lipinski definition) is 1. The molecule has 2 aromatic carbocycles. The summed E-state index contributed by atoms with van der Waals surface area (Å²) in [5.41, 5.74) is 7.87. The van der Waals surface area contributed by atoms with Crippen LogP contribution in [-0.4, -0.2) is 39.2 Å². The van der Waals surface area contributed by atoms with E-state index in [0.29, 0.717) is 46.0 Å². The van der Waals surface area contributed by atoms with Crippen molar-refractivity contribution in [3.63, 3.8) is 0 Å². The summed E-state index contributed by atoms with van der Waals surface area (Å²) in [4.78, 5) is 45.1. The molecule has 0 aliphatic carbocycles. The quantitative estimate of drug-likeness (QED) is 0.272. The van der Waals surface area contributed by atoms with Crippen LogP contribution >= 0.6 is 24.0 Å². The van der Waals surface area contributed by atoms with Crippen molar-refractivity contribution in [2.24, 2.45) is 12.8 Å². The molecule has 0 bridgehead atoms. The number of aromatic nitrogens is 3. The van der Waals surface area contributed by atoms with Crippen molar-refractivity contribution < 1.29 is 22.8 Å². The molecule has 1 saturated heterocycles. The van der Waals surface area contributed by atoms with Gasteiger partial charge in [0.25, 0.3) is 5.56 Å². The molecule has 4 heterocycles. The highest BCUT2D eigenvalue weighted by atomic mass is 35.5. The van der Waals surface area contributed by atoms with Crippen molar-refractivity contribution in [3.8, 4) is 0 Å². The highest BCUT2D eigenvalue weighted by Crippen LogP contribution is 2.31. The van der Waals surface area contributed by atoms with E-state index in [2.05, 4.69) is 0 Å². The predicted molar refractivity (Wildman–Crippen MR) is 161 cm³/mol. The van der Waals surface area contributed by atoms with E-state index in [9.17, 15) is 18.8 Å². The average molecular weight is 632 g/mol. The lowest BCUT2D eigenvalue weighted by Crippen LogP contribution is -2.44. The molecule has 11 nitrogen and oxygen atoms in total. The van der Waals surface area contributed by atoms with Gasteiger partial charge in [0.1, 0.15) is 16.9 Å². The van der Waals surface area contributed by atoms with Gasteiger partial charge in [0.15, 0.2) is 18.1 Å².